The van der Waals surface area contributed by atoms with Gasteiger partial charge in [0, 0.05) is 36.2 Å². The van der Waals surface area contributed by atoms with E-state index in [0.717, 1.165) is 41.1 Å². The van der Waals surface area contributed by atoms with Gasteiger partial charge in [-0.3, -0.25) is 9.69 Å². The van der Waals surface area contributed by atoms with Crippen LogP contribution < -0.4 is 0 Å². The minimum atomic E-state index is 0.0986. The van der Waals surface area contributed by atoms with Crippen molar-refractivity contribution < 1.29 is 4.79 Å². The van der Waals surface area contributed by atoms with Gasteiger partial charge in [-0.05, 0) is 36.8 Å². The summed E-state index contributed by atoms with van der Waals surface area (Å²) in [5, 5.41) is 3.86. The minimum absolute atomic E-state index is 0.0986. The predicted octanol–water partition coefficient (Wildman–Crippen LogP) is 3.99. The van der Waals surface area contributed by atoms with Gasteiger partial charge in [-0.15, -0.1) is 11.3 Å². The van der Waals surface area contributed by atoms with Crippen LogP contribution in [0.1, 0.15) is 32.8 Å². The summed E-state index contributed by atoms with van der Waals surface area (Å²) in [5.41, 5.74) is 2.95. The molecule has 0 aliphatic carbocycles. The number of aromatic nitrogens is 2. The Kier molecular flexibility index (Phi) is 4.50. The molecule has 2 aliphatic rings. The Morgan fingerprint density at radius 2 is 2.04 bits per heavy atom. The molecule has 3 aromatic rings. The summed E-state index contributed by atoms with van der Waals surface area (Å²) in [7, 11) is 0. The van der Waals surface area contributed by atoms with Gasteiger partial charge in [0.15, 0.2) is 0 Å². The number of fused-ring (bicyclic) bond motifs is 3. The van der Waals surface area contributed by atoms with Gasteiger partial charge in [0.05, 0.1) is 29.3 Å². The third-order valence-electron chi connectivity index (χ3n) is 5.65. The van der Waals surface area contributed by atoms with Crippen molar-refractivity contribution in [1.29, 1.82) is 0 Å². The maximum Gasteiger partial charge on any atom is 0.271 e. The highest BCUT2D eigenvalue weighted by molar-refractivity contribution is 7.09. The molecule has 144 valence electrons. The molecule has 5 rings (SSSR count). The van der Waals surface area contributed by atoms with Gasteiger partial charge in [-0.1, -0.05) is 23.7 Å². The average molecular weight is 413 g/mol. The van der Waals surface area contributed by atoms with Crippen LogP contribution in [0.2, 0.25) is 5.02 Å². The van der Waals surface area contributed by atoms with Gasteiger partial charge in [-0.2, -0.15) is 0 Å². The standard InChI is InChI=1S/C21H21ClN4OS/c1-14-23-17(13-28-14)10-26-20-12-24(9-15-4-2-5-16(22)8-15)11-19(20)25-7-3-6-18(25)21(26)27/h2-8,13,19-20H,9-12H2,1H3/t19-,20+/m0/s1. The lowest BCUT2D eigenvalue weighted by atomic mass is 10.1. The Balaban J connectivity index is 1.43. The molecule has 0 saturated carbocycles. The van der Waals surface area contributed by atoms with Crippen molar-refractivity contribution in [2.45, 2.75) is 32.1 Å². The zero-order chi connectivity index (χ0) is 19.3. The third kappa shape index (κ3) is 3.15. The first kappa shape index (κ1) is 17.9. The van der Waals surface area contributed by atoms with Crippen molar-refractivity contribution in [2.24, 2.45) is 0 Å². The van der Waals surface area contributed by atoms with E-state index in [-0.39, 0.29) is 18.0 Å². The lowest BCUT2D eigenvalue weighted by Gasteiger charge is -2.38. The largest absolute Gasteiger partial charge is 0.337 e. The third-order valence-corrected chi connectivity index (χ3v) is 6.70. The molecule has 2 atom stereocenters. The molecule has 5 nitrogen and oxygen atoms in total. The Morgan fingerprint density at radius 1 is 1.18 bits per heavy atom. The van der Waals surface area contributed by atoms with Crippen molar-refractivity contribution in [1.82, 2.24) is 19.4 Å². The summed E-state index contributed by atoms with van der Waals surface area (Å²) in [6, 6.07) is 12.3. The molecule has 0 unspecified atom stereocenters. The van der Waals surface area contributed by atoms with E-state index in [1.54, 1.807) is 11.3 Å². The van der Waals surface area contributed by atoms with E-state index in [1.807, 2.05) is 48.4 Å². The number of aryl methyl sites for hydroxylation is 1. The van der Waals surface area contributed by atoms with Crippen LogP contribution in [0.3, 0.4) is 0 Å². The Morgan fingerprint density at radius 3 is 2.82 bits per heavy atom. The first-order valence-electron chi connectivity index (χ1n) is 9.44. The Labute approximate surface area is 173 Å². The molecule has 1 amide bonds. The lowest BCUT2D eigenvalue weighted by molar-refractivity contribution is 0.0553. The molecule has 1 saturated heterocycles. The first-order valence-corrected chi connectivity index (χ1v) is 10.7. The molecule has 0 spiro atoms. The molecule has 0 N–H and O–H groups in total. The van der Waals surface area contributed by atoms with Gasteiger partial charge in [-0.25, -0.2) is 4.98 Å². The number of hydrogen-bond acceptors (Lipinski definition) is 4. The molecule has 4 heterocycles. The number of halogens is 1. The fourth-order valence-corrected chi connectivity index (χ4v) is 5.27. The maximum atomic E-state index is 13.2. The van der Waals surface area contributed by atoms with Crippen molar-refractivity contribution in [2.75, 3.05) is 13.1 Å². The second-order valence-electron chi connectivity index (χ2n) is 7.55. The van der Waals surface area contributed by atoms with Crippen molar-refractivity contribution in [3.05, 3.63) is 75.0 Å². The molecular weight excluding hydrogens is 392 g/mol. The molecule has 1 fully saturated rings. The van der Waals surface area contributed by atoms with Crippen LogP contribution in [0.5, 0.6) is 0 Å². The van der Waals surface area contributed by atoms with Crippen molar-refractivity contribution in [3.8, 4) is 0 Å². The van der Waals surface area contributed by atoms with Gasteiger partial charge >= 0.3 is 0 Å². The number of likely N-dealkylation sites (tertiary alicyclic amines) is 1. The van der Waals surface area contributed by atoms with Gasteiger partial charge in [0.1, 0.15) is 5.69 Å². The van der Waals surface area contributed by atoms with E-state index in [9.17, 15) is 4.79 Å². The monoisotopic (exact) mass is 412 g/mol. The minimum Gasteiger partial charge on any atom is -0.337 e. The van der Waals surface area contributed by atoms with Crippen LogP contribution in [-0.4, -0.2) is 44.4 Å². The summed E-state index contributed by atoms with van der Waals surface area (Å²) >= 11 is 7.79. The van der Waals surface area contributed by atoms with Crippen LogP contribution >= 0.6 is 22.9 Å². The van der Waals surface area contributed by atoms with Crippen molar-refractivity contribution in [3.63, 3.8) is 0 Å². The molecule has 0 bridgehead atoms. The Bertz CT molecular complexity index is 1030. The summed E-state index contributed by atoms with van der Waals surface area (Å²) in [4.78, 5) is 22.2. The number of nitrogens with zero attached hydrogens (tertiary/aromatic N) is 4. The van der Waals surface area contributed by atoms with E-state index in [2.05, 4.69) is 25.9 Å². The fourth-order valence-electron chi connectivity index (χ4n) is 4.46. The van der Waals surface area contributed by atoms with E-state index in [1.165, 1.54) is 5.56 Å². The number of carbonyl (C=O) groups is 1. The molecule has 7 heteroatoms. The fraction of sp³-hybridized carbons (Fsp3) is 0.333. The lowest BCUT2D eigenvalue weighted by Crippen LogP contribution is -2.49. The zero-order valence-corrected chi connectivity index (χ0v) is 17.2. The molecule has 2 aliphatic heterocycles. The number of carbonyl (C=O) groups excluding carboxylic acids is 1. The van der Waals surface area contributed by atoms with Gasteiger partial charge in [0.25, 0.3) is 5.91 Å². The van der Waals surface area contributed by atoms with E-state index in [0.29, 0.717) is 6.54 Å². The average Bonchev–Trinajstić information content (AvgIpc) is 3.38. The number of thiazole rings is 1. The zero-order valence-electron chi connectivity index (χ0n) is 15.6. The van der Waals surface area contributed by atoms with E-state index < -0.39 is 0 Å². The normalized spacial score (nSPS) is 21.8. The number of rotatable bonds is 4. The smallest absolute Gasteiger partial charge is 0.271 e. The second kappa shape index (κ2) is 7.03. The highest BCUT2D eigenvalue weighted by Gasteiger charge is 2.44. The quantitative estimate of drug-likeness (QED) is 0.650. The summed E-state index contributed by atoms with van der Waals surface area (Å²) < 4.78 is 2.16. The molecule has 2 aromatic heterocycles. The molecular formula is C21H21ClN4OS. The summed E-state index contributed by atoms with van der Waals surface area (Å²) in [5.74, 6) is 0.0986. The van der Waals surface area contributed by atoms with E-state index in [4.69, 9.17) is 11.6 Å². The molecule has 0 radical (unpaired) electrons. The van der Waals surface area contributed by atoms with Crippen LogP contribution in [0, 0.1) is 6.92 Å². The highest BCUT2D eigenvalue weighted by atomic mass is 35.5. The van der Waals surface area contributed by atoms with Gasteiger partial charge < -0.3 is 9.47 Å². The van der Waals surface area contributed by atoms with Crippen LogP contribution in [-0.2, 0) is 13.1 Å². The number of benzene rings is 1. The second-order valence-corrected chi connectivity index (χ2v) is 9.05. The predicted molar refractivity (Wildman–Crippen MR) is 111 cm³/mol. The molecule has 28 heavy (non-hydrogen) atoms. The van der Waals surface area contributed by atoms with Crippen LogP contribution in [0.15, 0.2) is 48.0 Å². The van der Waals surface area contributed by atoms with E-state index >= 15 is 0 Å². The van der Waals surface area contributed by atoms with Gasteiger partial charge in [0.2, 0.25) is 0 Å². The summed E-state index contributed by atoms with van der Waals surface area (Å²) in [6.07, 6.45) is 2.04. The number of amides is 1. The first-order chi connectivity index (χ1) is 13.6. The summed E-state index contributed by atoms with van der Waals surface area (Å²) in [6.45, 7) is 5.17. The SMILES string of the molecule is Cc1nc(CN2C(=O)c3cccn3[C@H]3CN(Cc4cccc(Cl)c4)C[C@H]32)cs1. The topological polar surface area (TPSA) is 41.4 Å². The maximum absolute atomic E-state index is 13.2. The number of hydrogen-bond donors (Lipinski definition) is 0. The Hall–Kier alpha value is -2.15. The van der Waals surface area contributed by atoms with Crippen LogP contribution in [0.25, 0.3) is 0 Å². The van der Waals surface area contributed by atoms with Crippen LogP contribution in [0.4, 0.5) is 0 Å². The van der Waals surface area contributed by atoms with Crippen molar-refractivity contribution >= 4 is 28.8 Å². The molecule has 1 aromatic carbocycles. The highest BCUT2D eigenvalue weighted by Crippen LogP contribution is 2.35.